The smallest absolute Gasteiger partial charge is 0.336 e. The summed E-state index contributed by atoms with van der Waals surface area (Å²) < 4.78 is 17.0. The summed E-state index contributed by atoms with van der Waals surface area (Å²) in [6.07, 6.45) is 0.781. The van der Waals surface area contributed by atoms with Gasteiger partial charge in [0.25, 0.3) is 0 Å². The molecule has 0 aromatic heterocycles. The minimum Gasteiger partial charge on any atom is -0.497 e. The molecule has 3 rings (SSSR count). The molecule has 0 bridgehead atoms. The van der Waals surface area contributed by atoms with Crippen molar-refractivity contribution in [1.29, 1.82) is 0 Å². The van der Waals surface area contributed by atoms with Crippen LogP contribution in [-0.2, 0) is 25.5 Å². The summed E-state index contributed by atoms with van der Waals surface area (Å²) in [5, 5.41) is 15.2. The monoisotopic (exact) mass is 537 g/mol. The van der Waals surface area contributed by atoms with E-state index in [1.807, 2.05) is 42.5 Å². The Hall–Kier alpha value is -3.32. The van der Waals surface area contributed by atoms with Crippen molar-refractivity contribution in [3.8, 4) is 5.75 Å². The lowest BCUT2D eigenvalue weighted by atomic mass is 9.65. The number of methoxy groups -OCH3 is 1. The van der Waals surface area contributed by atoms with E-state index in [1.165, 1.54) is 0 Å². The van der Waals surface area contributed by atoms with E-state index >= 15 is 0 Å². The van der Waals surface area contributed by atoms with Crippen LogP contribution in [0.4, 0.5) is 0 Å². The van der Waals surface area contributed by atoms with E-state index in [0.29, 0.717) is 29.1 Å². The zero-order chi connectivity index (χ0) is 29.0. The average molecular weight is 538 g/mol. The Morgan fingerprint density at radius 1 is 0.949 bits per heavy atom. The van der Waals surface area contributed by atoms with Crippen molar-refractivity contribution < 1.29 is 28.9 Å². The van der Waals surface area contributed by atoms with Crippen molar-refractivity contribution in [3.63, 3.8) is 0 Å². The van der Waals surface area contributed by atoms with E-state index in [4.69, 9.17) is 14.2 Å². The predicted octanol–water partition coefficient (Wildman–Crippen LogP) is 5.32. The highest BCUT2D eigenvalue weighted by atomic mass is 16.6. The molecule has 7 heteroatoms. The average Bonchev–Trinajstić information content (AvgIpc) is 2.81. The van der Waals surface area contributed by atoms with Crippen LogP contribution in [-0.4, -0.2) is 47.5 Å². The molecule has 0 unspecified atom stereocenters. The maximum absolute atomic E-state index is 13.9. The molecule has 0 spiro atoms. The molecule has 7 nitrogen and oxygen atoms in total. The Labute approximate surface area is 232 Å². The van der Waals surface area contributed by atoms with Crippen LogP contribution in [0.3, 0.4) is 0 Å². The Balaban J connectivity index is 2.16. The highest BCUT2D eigenvalue weighted by Gasteiger charge is 2.53. The molecule has 0 aliphatic heterocycles. The summed E-state index contributed by atoms with van der Waals surface area (Å²) in [6.45, 7) is 12.9. The third kappa shape index (κ3) is 8.09. The van der Waals surface area contributed by atoms with Crippen LogP contribution >= 0.6 is 0 Å². The number of carbonyl (C=O) groups is 2. The van der Waals surface area contributed by atoms with Gasteiger partial charge in [0.05, 0.1) is 24.2 Å². The van der Waals surface area contributed by atoms with Crippen molar-refractivity contribution in [2.75, 3.05) is 13.7 Å². The van der Waals surface area contributed by atoms with Crippen LogP contribution in [0.2, 0.25) is 0 Å². The van der Waals surface area contributed by atoms with E-state index in [2.05, 4.69) is 5.32 Å². The first-order valence-electron chi connectivity index (χ1n) is 13.4. The highest BCUT2D eigenvalue weighted by Crippen LogP contribution is 2.48. The first kappa shape index (κ1) is 30.2. The number of aliphatic hydroxyl groups is 1. The minimum absolute atomic E-state index is 0.0624. The topological polar surface area (TPSA) is 94.1 Å². The summed E-state index contributed by atoms with van der Waals surface area (Å²) in [5.74, 6) is -2.33. The zero-order valence-electron chi connectivity index (χ0n) is 24.5. The molecule has 0 saturated heterocycles. The van der Waals surface area contributed by atoms with E-state index in [1.54, 1.807) is 67.7 Å². The zero-order valence-corrected chi connectivity index (χ0v) is 24.5. The highest BCUT2D eigenvalue weighted by molar-refractivity contribution is 5.94. The second-order valence-electron chi connectivity index (χ2n) is 12.4. The van der Waals surface area contributed by atoms with Crippen LogP contribution < -0.4 is 10.1 Å². The van der Waals surface area contributed by atoms with Gasteiger partial charge in [-0.3, -0.25) is 4.79 Å². The molecule has 1 aliphatic carbocycles. The maximum Gasteiger partial charge on any atom is 0.336 e. The van der Waals surface area contributed by atoms with Gasteiger partial charge in [-0.05, 0) is 78.1 Å². The first-order chi connectivity index (χ1) is 18.1. The van der Waals surface area contributed by atoms with Crippen molar-refractivity contribution in [2.24, 2.45) is 5.92 Å². The summed E-state index contributed by atoms with van der Waals surface area (Å²) in [4.78, 5) is 27.5. The van der Waals surface area contributed by atoms with Crippen molar-refractivity contribution in [2.45, 2.75) is 84.0 Å². The maximum atomic E-state index is 13.9. The molecule has 2 aromatic rings. The van der Waals surface area contributed by atoms with Gasteiger partial charge in [-0.25, -0.2) is 4.79 Å². The molecular formula is C32H43NO6. The number of benzene rings is 2. The van der Waals surface area contributed by atoms with Crippen LogP contribution in [0.1, 0.15) is 71.9 Å². The summed E-state index contributed by atoms with van der Waals surface area (Å²) in [6, 6.07) is 17.2. The van der Waals surface area contributed by atoms with E-state index in [0.717, 1.165) is 12.0 Å². The molecule has 212 valence electrons. The second kappa shape index (κ2) is 11.8. The fourth-order valence-corrected chi connectivity index (χ4v) is 4.95. The van der Waals surface area contributed by atoms with E-state index in [9.17, 15) is 14.7 Å². The van der Waals surface area contributed by atoms with Gasteiger partial charge < -0.3 is 24.6 Å². The number of hydrogen-bond acceptors (Lipinski definition) is 7. The van der Waals surface area contributed by atoms with Gasteiger partial charge in [0.15, 0.2) is 0 Å². The Morgan fingerprint density at radius 3 is 2.08 bits per heavy atom. The largest absolute Gasteiger partial charge is 0.497 e. The van der Waals surface area contributed by atoms with E-state index in [-0.39, 0.29) is 6.42 Å². The van der Waals surface area contributed by atoms with Gasteiger partial charge in [-0.15, -0.1) is 0 Å². The normalized spacial score (nSPS) is 21.8. The third-order valence-corrected chi connectivity index (χ3v) is 6.52. The molecule has 0 radical (unpaired) electrons. The van der Waals surface area contributed by atoms with Crippen LogP contribution in [0.25, 0.3) is 0 Å². The molecule has 1 aliphatic rings. The number of nitrogens with one attached hydrogen (secondary N) is 1. The second-order valence-corrected chi connectivity index (χ2v) is 12.4. The Morgan fingerprint density at radius 2 is 1.54 bits per heavy atom. The molecule has 2 aromatic carbocycles. The van der Waals surface area contributed by atoms with E-state index < -0.39 is 40.6 Å². The number of rotatable bonds is 8. The summed E-state index contributed by atoms with van der Waals surface area (Å²) in [7, 11) is 1.57. The van der Waals surface area contributed by atoms with Gasteiger partial charge in [0.1, 0.15) is 17.0 Å². The molecule has 0 heterocycles. The number of carbonyl (C=O) groups excluding carboxylic acids is 2. The van der Waals surface area contributed by atoms with Gasteiger partial charge in [-0.2, -0.15) is 0 Å². The summed E-state index contributed by atoms with van der Waals surface area (Å²) in [5.41, 5.74) is -0.336. The molecule has 0 amide bonds. The van der Waals surface area contributed by atoms with Gasteiger partial charge in [-0.1, -0.05) is 42.5 Å². The number of esters is 2. The van der Waals surface area contributed by atoms with Gasteiger partial charge >= 0.3 is 11.9 Å². The van der Waals surface area contributed by atoms with Gasteiger partial charge in [0, 0.05) is 24.6 Å². The Bertz CT molecular complexity index is 1170. The molecular weight excluding hydrogens is 494 g/mol. The van der Waals surface area contributed by atoms with Crippen molar-refractivity contribution in [3.05, 3.63) is 77.0 Å². The lowest BCUT2D eigenvalue weighted by Crippen LogP contribution is -2.52. The minimum atomic E-state index is -1.51. The quantitative estimate of drug-likeness (QED) is 0.440. The third-order valence-electron chi connectivity index (χ3n) is 6.52. The van der Waals surface area contributed by atoms with Crippen LogP contribution in [0.5, 0.6) is 5.75 Å². The van der Waals surface area contributed by atoms with Crippen LogP contribution in [0, 0.1) is 5.92 Å². The molecule has 2 N–H and O–H groups in total. The van der Waals surface area contributed by atoms with Crippen LogP contribution in [0.15, 0.2) is 65.9 Å². The first-order valence-corrected chi connectivity index (χ1v) is 13.4. The summed E-state index contributed by atoms with van der Waals surface area (Å²) >= 11 is 0. The SMILES string of the molecule is COc1ccc([C@H]2C(C(=O)OC(C)(C)C)=C(NCCc3ccccc3)C[C@@](C)(O)[C@H]2C(=O)OC(C)(C)C)cc1. The fraction of sp³-hybridized carbons (Fsp3) is 0.500. The lowest BCUT2D eigenvalue weighted by molar-refractivity contribution is -0.171. The number of hydrogen-bond donors (Lipinski definition) is 2. The van der Waals surface area contributed by atoms with Crippen molar-refractivity contribution >= 4 is 11.9 Å². The number of ether oxygens (including phenoxy) is 3. The fourth-order valence-electron chi connectivity index (χ4n) is 4.95. The predicted molar refractivity (Wildman–Crippen MR) is 151 cm³/mol. The van der Waals surface area contributed by atoms with Gasteiger partial charge in [0.2, 0.25) is 0 Å². The molecule has 3 atom stereocenters. The molecule has 0 fully saturated rings. The van der Waals surface area contributed by atoms with Crippen molar-refractivity contribution in [1.82, 2.24) is 5.32 Å². The molecule has 0 saturated carbocycles. The molecule has 39 heavy (non-hydrogen) atoms. The Kier molecular flexibility index (Phi) is 9.16. The lowest BCUT2D eigenvalue weighted by Gasteiger charge is -2.44. The standard InChI is InChI=1S/C32H43NO6/c1-30(2,3)38-28(34)26-24(33-19-18-21-12-10-9-11-13-21)20-32(7,36)27(29(35)39-31(4,5)6)25(26)22-14-16-23(37-8)17-15-22/h9-17,25,27,33,36H,18-20H2,1-8H3/t25-,27+,32+/m0/s1.